The van der Waals surface area contributed by atoms with Gasteiger partial charge in [0.25, 0.3) is 0 Å². The number of benzene rings is 1. The van der Waals surface area contributed by atoms with Gasteiger partial charge in [-0.3, -0.25) is 4.48 Å². The van der Waals surface area contributed by atoms with Crippen molar-refractivity contribution in [3.63, 3.8) is 0 Å². The van der Waals surface area contributed by atoms with E-state index in [9.17, 15) is 0 Å². The Balaban J connectivity index is 1.70. The average Bonchev–Trinajstić information content (AvgIpc) is 2.37. The first-order valence-corrected chi connectivity index (χ1v) is 8.80. The second kappa shape index (κ2) is 4.01. The van der Waals surface area contributed by atoms with Gasteiger partial charge >= 0.3 is 0 Å². The first-order valence-electron chi connectivity index (χ1n) is 6.90. The van der Waals surface area contributed by atoms with Crippen molar-refractivity contribution in [3.8, 4) is 0 Å². The average molecular weight is 262 g/mol. The Morgan fingerprint density at radius 2 is 1.78 bits per heavy atom. The van der Waals surface area contributed by atoms with Crippen LogP contribution in [0.2, 0.25) is 0 Å². The van der Waals surface area contributed by atoms with E-state index in [4.69, 9.17) is 0 Å². The molecule has 4 aliphatic heterocycles. The third-order valence-electron chi connectivity index (χ3n) is 4.50. The number of rotatable bonds is 2. The summed E-state index contributed by atoms with van der Waals surface area (Å²) in [5, 5.41) is 0. The molecule has 0 aromatic heterocycles. The predicted octanol–water partition coefficient (Wildman–Crippen LogP) is 2.43. The summed E-state index contributed by atoms with van der Waals surface area (Å²) in [6, 6.07) is 9.41. The molecule has 5 rings (SSSR count). The molecule has 18 heavy (non-hydrogen) atoms. The van der Waals surface area contributed by atoms with E-state index in [-0.39, 0.29) is 7.92 Å². The van der Waals surface area contributed by atoms with Crippen molar-refractivity contribution >= 4 is 13.6 Å². The highest BCUT2D eigenvalue weighted by Crippen LogP contribution is 2.52. The van der Waals surface area contributed by atoms with Crippen LogP contribution < -0.4 is 4.48 Å². The molecule has 4 aliphatic rings. The second-order valence-electron chi connectivity index (χ2n) is 6.03. The van der Waals surface area contributed by atoms with Crippen LogP contribution in [0.25, 0.3) is 0 Å². The molecule has 4 heterocycles. The third-order valence-corrected chi connectivity index (χ3v) is 7.05. The van der Waals surface area contributed by atoms with Crippen molar-refractivity contribution in [2.75, 3.05) is 38.9 Å². The van der Waals surface area contributed by atoms with E-state index in [1.807, 2.05) is 0 Å². The third kappa shape index (κ3) is 1.65. The van der Waals surface area contributed by atoms with Crippen molar-refractivity contribution in [2.24, 2.45) is 0 Å². The molecule has 96 valence electrons. The van der Waals surface area contributed by atoms with Gasteiger partial charge in [0.2, 0.25) is 0 Å². The maximum absolute atomic E-state index is 2.66. The van der Waals surface area contributed by atoms with Crippen molar-refractivity contribution < 1.29 is 0 Å². The van der Waals surface area contributed by atoms with Gasteiger partial charge in [-0.25, -0.2) is 9.80 Å². The Kier molecular flexibility index (Phi) is 2.53. The van der Waals surface area contributed by atoms with Crippen LogP contribution in [-0.2, 0) is 6.42 Å². The minimum atomic E-state index is 0.229. The van der Waals surface area contributed by atoms with Crippen LogP contribution in [0.4, 0.5) is 5.69 Å². The summed E-state index contributed by atoms with van der Waals surface area (Å²) >= 11 is 0. The van der Waals surface area contributed by atoms with Crippen LogP contribution in [0.3, 0.4) is 0 Å². The monoisotopic (exact) mass is 262 g/mol. The van der Waals surface area contributed by atoms with Gasteiger partial charge in [-0.1, -0.05) is 19.1 Å². The van der Waals surface area contributed by atoms with Crippen LogP contribution in [-0.4, -0.2) is 48.7 Å². The zero-order valence-corrected chi connectivity index (χ0v) is 11.9. The summed E-state index contributed by atoms with van der Waals surface area (Å²) in [5.74, 6) is 0. The molecule has 4 bridgehead atoms. The molecule has 2 atom stereocenters. The zero-order chi connectivity index (χ0) is 12.2. The van der Waals surface area contributed by atoms with Gasteiger partial charge in [0, 0.05) is 12.6 Å². The molecule has 1 aromatic carbocycles. The van der Waals surface area contributed by atoms with Crippen LogP contribution in [0, 0.1) is 0 Å². The van der Waals surface area contributed by atoms with E-state index in [2.05, 4.69) is 41.0 Å². The fourth-order valence-electron chi connectivity index (χ4n) is 3.83. The van der Waals surface area contributed by atoms with Crippen LogP contribution in [0.5, 0.6) is 0 Å². The smallest absolute Gasteiger partial charge is 0.142 e. The lowest BCUT2D eigenvalue weighted by molar-refractivity contribution is -0.0206. The minimum absolute atomic E-state index is 0.229. The van der Waals surface area contributed by atoms with E-state index in [1.165, 1.54) is 54.6 Å². The minimum Gasteiger partial charge on any atom is -0.263 e. The molecule has 0 aliphatic carbocycles. The quantitative estimate of drug-likeness (QED) is 0.596. The standard InChI is InChI=1S/C14H21N3P/c1-2-13-3-5-14(6-4-13)17-8-15-7-16(9-17)11-18(10-15)12-17/h3-6H,2,7-12H2,1H3/q+1. The van der Waals surface area contributed by atoms with Gasteiger partial charge in [0.15, 0.2) is 0 Å². The summed E-state index contributed by atoms with van der Waals surface area (Å²) in [6.45, 7) is 5.92. The summed E-state index contributed by atoms with van der Waals surface area (Å²) < 4.78 is 1.20. The summed E-state index contributed by atoms with van der Waals surface area (Å²) in [5.41, 5.74) is 2.99. The SMILES string of the molecule is CCc1ccc([N+]23CN4CN(CP(C4)C2)C3)cc1. The number of aryl methyl sites for hydroxylation is 1. The first kappa shape index (κ1) is 11.4. The Bertz CT molecular complexity index is 421. The van der Waals surface area contributed by atoms with Gasteiger partial charge in [0.05, 0.1) is 6.67 Å². The predicted molar refractivity (Wildman–Crippen MR) is 77.4 cm³/mol. The van der Waals surface area contributed by atoms with E-state index < -0.39 is 0 Å². The molecule has 0 saturated carbocycles. The maximum Gasteiger partial charge on any atom is 0.142 e. The van der Waals surface area contributed by atoms with Crippen molar-refractivity contribution in [1.82, 2.24) is 14.3 Å². The molecule has 4 fully saturated rings. The van der Waals surface area contributed by atoms with Crippen LogP contribution >= 0.6 is 7.92 Å². The number of nitrogens with zero attached hydrogens (tertiary/aromatic N) is 3. The second-order valence-corrected chi connectivity index (χ2v) is 8.22. The lowest BCUT2D eigenvalue weighted by atomic mass is 10.1. The summed E-state index contributed by atoms with van der Waals surface area (Å²) in [6.07, 6.45) is 5.33. The van der Waals surface area contributed by atoms with Gasteiger partial charge in [-0.05, 0) is 32.0 Å². The Morgan fingerprint density at radius 1 is 1.11 bits per heavy atom. The summed E-state index contributed by atoms with van der Waals surface area (Å²) in [4.78, 5) is 5.33. The topological polar surface area (TPSA) is 6.48 Å². The van der Waals surface area contributed by atoms with Gasteiger partial charge < -0.3 is 0 Å². The molecular weight excluding hydrogens is 241 g/mol. The Morgan fingerprint density at radius 3 is 2.33 bits per heavy atom. The van der Waals surface area contributed by atoms with Crippen LogP contribution in [0.15, 0.2) is 24.3 Å². The molecule has 1 aromatic rings. The molecule has 3 nitrogen and oxygen atoms in total. The fraction of sp³-hybridized carbons (Fsp3) is 0.571. The molecule has 0 amide bonds. The summed E-state index contributed by atoms with van der Waals surface area (Å²) in [7, 11) is 0.229. The lowest BCUT2D eigenvalue weighted by Gasteiger charge is -2.59. The molecule has 4 heteroatoms. The maximum atomic E-state index is 2.66. The molecular formula is C14H21N3P+. The number of hydrogen-bond donors (Lipinski definition) is 0. The molecule has 4 saturated heterocycles. The van der Waals surface area contributed by atoms with Crippen LogP contribution in [0.1, 0.15) is 12.5 Å². The van der Waals surface area contributed by atoms with E-state index in [1.54, 1.807) is 0 Å². The zero-order valence-electron chi connectivity index (χ0n) is 11.0. The molecule has 0 spiro atoms. The normalized spacial score (nSPS) is 41.3. The van der Waals surface area contributed by atoms with E-state index in [0.717, 1.165) is 6.42 Å². The van der Waals surface area contributed by atoms with Crippen molar-refractivity contribution in [2.45, 2.75) is 13.3 Å². The largest absolute Gasteiger partial charge is 0.263 e. The van der Waals surface area contributed by atoms with Crippen molar-refractivity contribution in [1.29, 1.82) is 0 Å². The molecule has 0 N–H and O–H groups in total. The highest BCUT2D eigenvalue weighted by atomic mass is 31.1. The van der Waals surface area contributed by atoms with E-state index >= 15 is 0 Å². The Hall–Kier alpha value is -0.470. The van der Waals surface area contributed by atoms with Crippen molar-refractivity contribution in [3.05, 3.63) is 29.8 Å². The molecule has 2 unspecified atom stereocenters. The fourth-order valence-corrected chi connectivity index (χ4v) is 6.69. The van der Waals surface area contributed by atoms with Gasteiger partial charge in [0.1, 0.15) is 25.3 Å². The van der Waals surface area contributed by atoms with Gasteiger partial charge in [-0.15, -0.1) is 0 Å². The van der Waals surface area contributed by atoms with Gasteiger partial charge in [-0.2, -0.15) is 0 Å². The van der Waals surface area contributed by atoms with E-state index in [0.29, 0.717) is 0 Å². The Labute approximate surface area is 110 Å². The number of hydrogen-bond acceptors (Lipinski definition) is 2. The number of quaternary nitrogens is 1. The molecule has 0 radical (unpaired) electrons. The lowest BCUT2D eigenvalue weighted by Crippen LogP contribution is -2.72. The highest BCUT2D eigenvalue weighted by Gasteiger charge is 2.50. The highest BCUT2D eigenvalue weighted by molar-refractivity contribution is 7.57. The first-order chi connectivity index (χ1) is 8.77.